The minimum Gasteiger partial charge on any atom is -0.467 e. The maximum absolute atomic E-state index is 12.5. The molecule has 3 N–H and O–H groups in total. The van der Waals surface area contributed by atoms with E-state index in [0.717, 1.165) is 17.0 Å². The molecule has 0 bridgehead atoms. The van der Waals surface area contributed by atoms with E-state index in [2.05, 4.69) is 20.6 Å². The molecule has 2 rings (SSSR count). The van der Waals surface area contributed by atoms with Crippen LogP contribution in [-0.4, -0.2) is 47.0 Å². The van der Waals surface area contributed by atoms with Crippen molar-refractivity contribution in [3.05, 3.63) is 53.6 Å². The molecule has 0 radical (unpaired) electrons. The normalized spacial score (nSPS) is 10.9. The van der Waals surface area contributed by atoms with Crippen LogP contribution in [0.4, 0.5) is 0 Å². The molecule has 1 amide bonds. The van der Waals surface area contributed by atoms with E-state index in [1.807, 2.05) is 24.5 Å². The summed E-state index contributed by atoms with van der Waals surface area (Å²) in [6.45, 7) is 1.28. The molecule has 0 spiro atoms. The lowest BCUT2D eigenvalue weighted by molar-refractivity contribution is -0.142. The van der Waals surface area contributed by atoms with E-state index in [0.29, 0.717) is 25.1 Å². The number of H-pyrrole nitrogens is 1. The summed E-state index contributed by atoms with van der Waals surface area (Å²) >= 11 is 1.62. The summed E-state index contributed by atoms with van der Waals surface area (Å²) < 4.78 is 4.78. The van der Waals surface area contributed by atoms with Gasteiger partial charge in [0.05, 0.1) is 13.4 Å². The van der Waals surface area contributed by atoms with Crippen LogP contribution in [0.5, 0.6) is 0 Å². The Bertz CT molecular complexity index is 717. The molecule has 0 aliphatic carbocycles. The third-order valence-electron chi connectivity index (χ3n) is 3.79. The minimum absolute atomic E-state index is 0. The fourth-order valence-electron chi connectivity index (χ4n) is 2.41. The summed E-state index contributed by atoms with van der Waals surface area (Å²) in [5.41, 5.74) is 2.49. The van der Waals surface area contributed by atoms with Gasteiger partial charge in [-0.15, -0.1) is 24.8 Å². The number of thioether (sulfide) groups is 1. The molecule has 1 unspecified atom stereocenters. The predicted molar refractivity (Wildman–Crippen MR) is 116 cm³/mol. The number of hydrogen-bond acceptors (Lipinski definition) is 6. The lowest BCUT2D eigenvalue weighted by atomic mass is 10.1. The molecule has 2 aromatic rings. The van der Waals surface area contributed by atoms with Gasteiger partial charge < -0.3 is 20.4 Å². The summed E-state index contributed by atoms with van der Waals surface area (Å²) in [6, 6.07) is 6.69. The number of nitrogens with one attached hydrogen (secondary N) is 3. The SMILES string of the molecule is COC(=O)C(CCSC)NC(=O)c1cccc(CNCc2cnc[nH]2)c1.Cl.Cl. The van der Waals surface area contributed by atoms with Gasteiger partial charge >= 0.3 is 5.97 Å². The lowest BCUT2D eigenvalue weighted by Crippen LogP contribution is -2.42. The van der Waals surface area contributed by atoms with Gasteiger partial charge in [-0.3, -0.25) is 4.79 Å². The Balaban J connectivity index is 0.00000364. The quantitative estimate of drug-likeness (QED) is 0.483. The van der Waals surface area contributed by atoms with Gasteiger partial charge in [-0.1, -0.05) is 12.1 Å². The van der Waals surface area contributed by atoms with Crippen molar-refractivity contribution in [1.82, 2.24) is 20.6 Å². The van der Waals surface area contributed by atoms with Crippen molar-refractivity contribution in [3.8, 4) is 0 Å². The monoisotopic (exact) mass is 448 g/mol. The summed E-state index contributed by atoms with van der Waals surface area (Å²) in [5.74, 6) is 0.0548. The molecular weight excluding hydrogens is 423 g/mol. The zero-order valence-electron chi connectivity index (χ0n) is 15.8. The third-order valence-corrected chi connectivity index (χ3v) is 4.43. The van der Waals surface area contributed by atoms with Gasteiger partial charge in [-0.25, -0.2) is 9.78 Å². The number of hydrogen-bond donors (Lipinski definition) is 3. The van der Waals surface area contributed by atoms with E-state index in [9.17, 15) is 9.59 Å². The van der Waals surface area contributed by atoms with Gasteiger partial charge in [0, 0.05) is 30.5 Å². The molecule has 10 heteroatoms. The van der Waals surface area contributed by atoms with E-state index in [4.69, 9.17) is 4.74 Å². The van der Waals surface area contributed by atoms with Gasteiger partial charge in [0.15, 0.2) is 0 Å². The van der Waals surface area contributed by atoms with E-state index in [1.54, 1.807) is 30.4 Å². The predicted octanol–water partition coefficient (Wildman–Crippen LogP) is 2.57. The summed E-state index contributed by atoms with van der Waals surface area (Å²) in [5, 5.41) is 6.05. The third kappa shape index (κ3) is 8.52. The van der Waals surface area contributed by atoms with Gasteiger partial charge in [0.1, 0.15) is 6.04 Å². The number of benzene rings is 1. The smallest absolute Gasteiger partial charge is 0.328 e. The Hall–Kier alpha value is -1.74. The number of amides is 1. The highest BCUT2D eigenvalue weighted by molar-refractivity contribution is 7.98. The van der Waals surface area contributed by atoms with Crippen LogP contribution in [0.2, 0.25) is 0 Å². The van der Waals surface area contributed by atoms with Crippen LogP contribution in [0.15, 0.2) is 36.8 Å². The van der Waals surface area contributed by atoms with Crippen LogP contribution in [0.25, 0.3) is 0 Å². The Kier molecular flexibility index (Phi) is 13.4. The maximum Gasteiger partial charge on any atom is 0.328 e. The van der Waals surface area contributed by atoms with Gasteiger partial charge in [-0.05, 0) is 36.1 Å². The topological polar surface area (TPSA) is 96.1 Å². The van der Waals surface area contributed by atoms with E-state index in [-0.39, 0.29) is 30.7 Å². The van der Waals surface area contributed by atoms with E-state index >= 15 is 0 Å². The van der Waals surface area contributed by atoms with Crippen molar-refractivity contribution in [1.29, 1.82) is 0 Å². The maximum atomic E-state index is 12.5. The molecule has 156 valence electrons. The van der Waals surface area contributed by atoms with Crippen molar-refractivity contribution in [2.75, 3.05) is 19.1 Å². The average molecular weight is 449 g/mol. The zero-order chi connectivity index (χ0) is 18.8. The summed E-state index contributed by atoms with van der Waals surface area (Å²) in [7, 11) is 1.33. The first kappa shape index (κ1) is 26.3. The Morgan fingerprint density at radius 3 is 2.71 bits per heavy atom. The van der Waals surface area contributed by atoms with Gasteiger partial charge in [0.25, 0.3) is 5.91 Å². The molecular formula is C18H26Cl2N4O3S. The number of halogens is 2. The first-order valence-electron chi connectivity index (χ1n) is 8.28. The summed E-state index contributed by atoms with van der Waals surface area (Å²) in [4.78, 5) is 31.3. The van der Waals surface area contributed by atoms with Crippen LogP contribution in [0.1, 0.15) is 28.0 Å². The highest BCUT2D eigenvalue weighted by Crippen LogP contribution is 2.08. The largest absolute Gasteiger partial charge is 0.467 e. The van der Waals surface area contributed by atoms with Crippen molar-refractivity contribution in [2.24, 2.45) is 0 Å². The number of carbonyl (C=O) groups is 2. The van der Waals surface area contributed by atoms with E-state index in [1.165, 1.54) is 7.11 Å². The number of aromatic amines is 1. The van der Waals surface area contributed by atoms with Crippen molar-refractivity contribution < 1.29 is 14.3 Å². The molecule has 1 aromatic carbocycles. The highest BCUT2D eigenvalue weighted by atomic mass is 35.5. The van der Waals surface area contributed by atoms with Crippen molar-refractivity contribution in [3.63, 3.8) is 0 Å². The van der Waals surface area contributed by atoms with Crippen molar-refractivity contribution in [2.45, 2.75) is 25.6 Å². The second-order valence-electron chi connectivity index (χ2n) is 5.71. The minimum atomic E-state index is -0.637. The van der Waals surface area contributed by atoms with Crippen LogP contribution in [0, 0.1) is 0 Å². The molecule has 28 heavy (non-hydrogen) atoms. The zero-order valence-corrected chi connectivity index (χ0v) is 18.2. The molecule has 0 aliphatic heterocycles. The van der Waals surface area contributed by atoms with Gasteiger partial charge in [-0.2, -0.15) is 11.8 Å². The van der Waals surface area contributed by atoms with Crippen LogP contribution >= 0.6 is 36.6 Å². The Morgan fingerprint density at radius 2 is 2.07 bits per heavy atom. The lowest BCUT2D eigenvalue weighted by Gasteiger charge is -2.16. The molecule has 0 aliphatic rings. The number of esters is 1. The number of rotatable bonds is 10. The van der Waals surface area contributed by atoms with Gasteiger partial charge in [0.2, 0.25) is 0 Å². The number of methoxy groups -OCH3 is 1. The number of nitrogens with zero attached hydrogens (tertiary/aromatic N) is 1. The van der Waals surface area contributed by atoms with E-state index < -0.39 is 12.0 Å². The molecule has 7 nitrogen and oxygen atoms in total. The highest BCUT2D eigenvalue weighted by Gasteiger charge is 2.21. The van der Waals surface area contributed by atoms with Crippen LogP contribution in [0.3, 0.4) is 0 Å². The van der Waals surface area contributed by atoms with Crippen molar-refractivity contribution >= 4 is 48.5 Å². The molecule has 0 saturated heterocycles. The first-order chi connectivity index (χ1) is 12.6. The van der Waals surface area contributed by atoms with Crippen LogP contribution < -0.4 is 10.6 Å². The van der Waals surface area contributed by atoms with Crippen LogP contribution in [-0.2, 0) is 22.6 Å². The first-order valence-corrected chi connectivity index (χ1v) is 9.68. The number of imidazole rings is 1. The molecule has 0 saturated carbocycles. The Morgan fingerprint density at radius 1 is 1.29 bits per heavy atom. The number of aromatic nitrogens is 2. The molecule has 1 aromatic heterocycles. The molecule has 1 heterocycles. The molecule has 1 atom stereocenters. The summed E-state index contributed by atoms with van der Waals surface area (Å²) in [6.07, 6.45) is 5.88. The second-order valence-corrected chi connectivity index (χ2v) is 6.70. The average Bonchev–Trinajstić information content (AvgIpc) is 3.18. The number of ether oxygens (including phenoxy) is 1. The Labute approximate surface area is 181 Å². The fraction of sp³-hybridized carbons (Fsp3) is 0.389. The second kappa shape index (κ2) is 14.3. The standard InChI is InChI=1S/C18H24N4O3S.2ClH/c1-25-18(24)16(6-7-26-2)22-17(23)14-5-3-4-13(8-14)9-19-10-15-11-20-12-21-15;;/h3-5,8,11-12,16,19H,6-7,9-10H2,1-2H3,(H,20,21)(H,22,23);2*1H. The molecule has 0 fully saturated rings. The number of carbonyl (C=O) groups excluding carboxylic acids is 2. The fourth-order valence-corrected chi connectivity index (χ4v) is 2.89.